The summed E-state index contributed by atoms with van der Waals surface area (Å²) in [5, 5.41) is 0. The molecule has 0 aliphatic carbocycles. The number of carbonyl (C=O) groups excluding carboxylic acids is 2. The lowest BCUT2D eigenvalue weighted by Crippen LogP contribution is -2.24. The first kappa shape index (κ1) is 22.4. The smallest absolute Gasteiger partial charge is 0.344 e. The largest absolute Gasteiger partial charge is 0.482 e. The summed E-state index contributed by atoms with van der Waals surface area (Å²) in [5.41, 5.74) is 1.91. The Kier molecular flexibility index (Phi) is 7.39. The Labute approximate surface area is 171 Å². The van der Waals surface area contributed by atoms with Gasteiger partial charge >= 0.3 is 5.97 Å². The number of nitrogens with zero attached hydrogens (tertiary/aromatic N) is 1. The molecule has 0 spiro atoms. The normalized spacial score (nSPS) is 11.2. The van der Waals surface area contributed by atoms with E-state index in [2.05, 4.69) is 13.8 Å². The number of anilines is 1. The van der Waals surface area contributed by atoms with Gasteiger partial charge in [-0.05, 0) is 47.9 Å². The minimum absolute atomic E-state index is 0.299. The van der Waals surface area contributed by atoms with Gasteiger partial charge in [-0.3, -0.25) is 9.10 Å². The van der Waals surface area contributed by atoms with Crippen LogP contribution in [0.25, 0.3) is 0 Å². The van der Waals surface area contributed by atoms with E-state index in [1.54, 1.807) is 12.1 Å². The molecule has 2 aromatic rings. The van der Waals surface area contributed by atoms with Crippen molar-refractivity contribution in [3.05, 3.63) is 59.7 Å². The van der Waals surface area contributed by atoms with E-state index in [0.29, 0.717) is 22.9 Å². The van der Waals surface area contributed by atoms with Gasteiger partial charge in [0.05, 0.1) is 11.9 Å². The zero-order valence-electron chi connectivity index (χ0n) is 16.9. The highest BCUT2D eigenvalue weighted by Gasteiger charge is 2.14. The van der Waals surface area contributed by atoms with E-state index in [4.69, 9.17) is 9.47 Å². The summed E-state index contributed by atoms with van der Waals surface area (Å²) in [6.45, 7) is 3.45. The van der Waals surface area contributed by atoms with E-state index in [9.17, 15) is 18.0 Å². The van der Waals surface area contributed by atoms with Crippen molar-refractivity contribution >= 4 is 27.5 Å². The highest BCUT2D eigenvalue weighted by molar-refractivity contribution is 7.92. The molecule has 0 amide bonds. The Morgan fingerprint density at radius 1 is 0.966 bits per heavy atom. The van der Waals surface area contributed by atoms with Crippen LogP contribution < -0.4 is 9.04 Å². The second kappa shape index (κ2) is 9.56. The van der Waals surface area contributed by atoms with Crippen LogP contribution in [0.5, 0.6) is 5.75 Å². The molecule has 0 N–H and O–H groups in total. The van der Waals surface area contributed by atoms with Gasteiger partial charge in [0, 0.05) is 12.6 Å². The maximum Gasteiger partial charge on any atom is 0.344 e. The monoisotopic (exact) mass is 419 g/mol. The summed E-state index contributed by atoms with van der Waals surface area (Å²) in [7, 11) is -1.96. The number of sulfonamides is 1. The highest BCUT2D eigenvalue weighted by atomic mass is 32.2. The van der Waals surface area contributed by atoms with Gasteiger partial charge in [-0.2, -0.15) is 0 Å². The molecule has 29 heavy (non-hydrogen) atoms. The van der Waals surface area contributed by atoms with Crippen molar-refractivity contribution in [2.45, 2.75) is 19.8 Å². The third-order valence-electron chi connectivity index (χ3n) is 4.32. The van der Waals surface area contributed by atoms with Gasteiger partial charge in [-0.25, -0.2) is 13.2 Å². The molecule has 0 saturated heterocycles. The molecule has 0 bridgehead atoms. The predicted molar refractivity (Wildman–Crippen MR) is 111 cm³/mol. The van der Waals surface area contributed by atoms with Gasteiger partial charge in [0.2, 0.25) is 10.0 Å². The molecule has 2 aromatic carbocycles. The van der Waals surface area contributed by atoms with Gasteiger partial charge in [-0.1, -0.05) is 26.0 Å². The van der Waals surface area contributed by atoms with Crippen LogP contribution in [0.2, 0.25) is 0 Å². The van der Waals surface area contributed by atoms with E-state index in [0.717, 1.165) is 10.6 Å². The number of hydrogen-bond donors (Lipinski definition) is 0. The number of hydrogen-bond acceptors (Lipinski definition) is 6. The number of benzene rings is 2. The summed E-state index contributed by atoms with van der Waals surface area (Å²) in [5.74, 6) is -0.1000. The van der Waals surface area contributed by atoms with Crippen molar-refractivity contribution in [2.24, 2.45) is 0 Å². The van der Waals surface area contributed by atoms with Gasteiger partial charge in [0.15, 0.2) is 19.0 Å². The molecular weight excluding hydrogens is 394 g/mol. The fourth-order valence-electron chi connectivity index (χ4n) is 2.41. The Bertz CT molecular complexity index is 950. The lowest BCUT2D eigenvalue weighted by molar-refractivity contribution is -0.144. The zero-order valence-corrected chi connectivity index (χ0v) is 17.7. The molecule has 0 atom stereocenters. The molecule has 8 heteroatoms. The molecule has 0 unspecified atom stereocenters. The van der Waals surface area contributed by atoms with Gasteiger partial charge < -0.3 is 9.47 Å². The van der Waals surface area contributed by atoms with E-state index in [1.165, 1.54) is 36.9 Å². The Balaban J connectivity index is 1.83. The van der Waals surface area contributed by atoms with Crippen LogP contribution in [0.3, 0.4) is 0 Å². The predicted octanol–water partition coefficient (Wildman–Crippen LogP) is 3.01. The number of ether oxygens (including phenoxy) is 2. The number of Topliss-reactive ketones (excluding diaryl/α,β-unsaturated/α-hetero) is 1. The van der Waals surface area contributed by atoms with Crippen LogP contribution in [0.1, 0.15) is 35.7 Å². The van der Waals surface area contributed by atoms with Crippen LogP contribution in [-0.4, -0.2) is 46.7 Å². The highest BCUT2D eigenvalue weighted by Crippen LogP contribution is 2.19. The molecule has 156 valence electrons. The Morgan fingerprint density at radius 2 is 1.55 bits per heavy atom. The summed E-state index contributed by atoms with van der Waals surface area (Å²) >= 11 is 0. The fraction of sp³-hybridized carbons (Fsp3) is 0.333. The fourth-order valence-corrected chi connectivity index (χ4v) is 2.92. The molecule has 0 aliphatic rings. The summed E-state index contributed by atoms with van der Waals surface area (Å²) in [6.07, 6.45) is 1.09. The molecular formula is C21H25NO6S. The molecule has 0 fully saturated rings. The van der Waals surface area contributed by atoms with Crippen molar-refractivity contribution in [2.75, 3.05) is 30.8 Å². The molecule has 7 nitrogen and oxygen atoms in total. The molecule has 0 heterocycles. The number of esters is 1. The van der Waals surface area contributed by atoms with Crippen LogP contribution in [0, 0.1) is 0 Å². The average Bonchev–Trinajstić information content (AvgIpc) is 2.69. The van der Waals surface area contributed by atoms with Crippen LogP contribution >= 0.6 is 0 Å². The quantitative estimate of drug-likeness (QED) is 0.458. The van der Waals surface area contributed by atoms with E-state index in [-0.39, 0.29) is 6.61 Å². The standard InChI is InChI=1S/C21H25NO6S/c1-15(2)16-7-11-19(12-8-16)27-14-21(24)28-13-20(23)17-5-9-18(10-6-17)22(3)29(4,25)26/h5-12,15H,13-14H2,1-4H3. The average molecular weight is 419 g/mol. The lowest BCUT2D eigenvalue weighted by Gasteiger charge is -2.16. The maximum atomic E-state index is 12.2. The van der Waals surface area contributed by atoms with Crippen molar-refractivity contribution in [3.63, 3.8) is 0 Å². The summed E-state index contributed by atoms with van der Waals surface area (Å²) in [6, 6.07) is 13.4. The van der Waals surface area contributed by atoms with Crippen molar-refractivity contribution in [1.29, 1.82) is 0 Å². The number of ketones is 1. The first-order chi connectivity index (χ1) is 13.6. The zero-order chi connectivity index (χ0) is 21.6. The minimum Gasteiger partial charge on any atom is -0.482 e. The van der Waals surface area contributed by atoms with E-state index >= 15 is 0 Å². The summed E-state index contributed by atoms with van der Waals surface area (Å²) < 4.78 is 34.5. The summed E-state index contributed by atoms with van der Waals surface area (Å²) in [4.78, 5) is 24.0. The molecule has 0 radical (unpaired) electrons. The van der Waals surface area contributed by atoms with Crippen molar-refractivity contribution < 1.29 is 27.5 Å². The molecule has 0 saturated carbocycles. The third kappa shape index (κ3) is 6.60. The van der Waals surface area contributed by atoms with Crippen LogP contribution in [-0.2, 0) is 19.6 Å². The van der Waals surface area contributed by atoms with Crippen molar-refractivity contribution in [1.82, 2.24) is 0 Å². The second-order valence-electron chi connectivity index (χ2n) is 6.87. The first-order valence-corrected chi connectivity index (χ1v) is 10.9. The second-order valence-corrected chi connectivity index (χ2v) is 8.89. The molecule has 0 aliphatic heterocycles. The van der Waals surface area contributed by atoms with Crippen LogP contribution in [0.15, 0.2) is 48.5 Å². The van der Waals surface area contributed by atoms with Crippen molar-refractivity contribution in [3.8, 4) is 5.75 Å². The van der Waals surface area contributed by atoms with E-state index in [1.807, 2.05) is 12.1 Å². The minimum atomic E-state index is -3.38. The third-order valence-corrected chi connectivity index (χ3v) is 5.52. The number of rotatable bonds is 9. The van der Waals surface area contributed by atoms with E-state index < -0.39 is 28.4 Å². The lowest BCUT2D eigenvalue weighted by atomic mass is 10.0. The Hall–Kier alpha value is -2.87. The van der Waals surface area contributed by atoms with Gasteiger partial charge in [-0.15, -0.1) is 0 Å². The Morgan fingerprint density at radius 3 is 2.07 bits per heavy atom. The SMILES string of the molecule is CC(C)c1ccc(OCC(=O)OCC(=O)c2ccc(N(C)S(C)(=O)=O)cc2)cc1. The van der Waals surface area contributed by atoms with Crippen LogP contribution in [0.4, 0.5) is 5.69 Å². The maximum absolute atomic E-state index is 12.2. The van der Waals surface area contributed by atoms with Gasteiger partial charge in [0.25, 0.3) is 0 Å². The molecule has 0 aromatic heterocycles. The molecule has 2 rings (SSSR count). The topological polar surface area (TPSA) is 90.0 Å². The number of carbonyl (C=O) groups is 2. The van der Waals surface area contributed by atoms with Gasteiger partial charge in [0.1, 0.15) is 5.75 Å². The first-order valence-electron chi connectivity index (χ1n) is 9.03.